The van der Waals surface area contributed by atoms with E-state index in [0.717, 1.165) is 42.8 Å². The molecule has 3 fully saturated rings. The lowest BCUT2D eigenvalue weighted by molar-refractivity contribution is -0.125. The molecule has 9 heteroatoms. The summed E-state index contributed by atoms with van der Waals surface area (Å²) in [5.74, 6) is 1.21. The number of carbonyl (C=O) groups excluding carboxylic acids is 2. The maximum Gasteiger partial charge on any atom is 0.239 e. The van der Waals surface area contributed by atoms with E-state index >= 15 is 0 Å². The summed E-state index contributed by atoms with van der Waals surface area (Å²) in [5, 5.41) is 6.53. The molecule has 0 aliphatic carbocycles. The molecule has 148 valence electrons. The zero-order valence-electron chi connectivity index (χ0n) is 15.8. The van der Waals surface area contributed by atoms with Gasteiger partial charge in [0, 0.05) is 44.6 Å². The molecule has 0 aromatic carbocycles. The molecule has 3 saturated heterocycles. The third kappa shape index (κ3) is 2.72. The number of hydrogen-bond donors (Lipinski definition) is 3. The monoisotopic (exact) mass is 384 g/mol. The molecule has 0 saturated carbocycles. The highest BCUT2D eigenvalue weighted by molar-refractivity contribution is 5.87. The van der Waals surface area contributed by atoms with Gasteiger partial charge in [0.25, 0.3) is 0 Å². The average molecular weight is 384 g/mol. The van der Waals surface area contributed by atoms with E-state index in [1.54, 1.807) is 6.33 Å². The minimum Gasteiger partial charge on any atom is -0.369 e. The van der Waals surface area contributed by atoms with Crippen LogP contribution in [0.3, 0.4) is 0 Å². The van der Waals surface area contributed by atoms with Crippen molar-refractivity contribution in [1.82, 2.24) is 25.6 Å². The smallest absolute Gasteiger partial charge is 0.239 e. The van der Waals surface area contributed by atoms with Crippen LogP contribution in [0.15, 0.2) is 18.6 Å². The van der Waals surface area contributed by atoms with Gasteiger partial charge in [-0.3, -0.25) is 9.59 Å². The predicted molar refractivity (Wildman–Crippen MR) is 102 cm³/mol. The van der Waals surface area contributed by atoms with Crippen molar-refractivity contribution >= 4 is 28.7 Å². The molecule has 2 aromatic heterocycles. The second-order valence-corrected chi connectivity index (χ2v) is 8.06. The van der Waals surface area contributed by atoms with Gasteiger partial charge in [0.1, 0.15) is 17.8 Å². The van der Waals surface area contributed by atoms with Crippen LogP contribution >= 0.6 is 0 Å². The summed E-state index contributed by atoms with van der Waals surface area (Å²) in [6, 6.07) is 2.01. The summed E-state index contributed by atoms with van der Waals surface area (Å²) in [6.07, 6.45) is 5.76. The number of nitrogens with zero attached hydrogens (tertiary/aromatic N) is 3. The van der Waals surface area contributed by atoms with Crippen LogP contribution < -0.4 is 15.5 Å². The lowest BCUT2D eigenvalue weighted by atomic mass is 9.73. The average Bonchev–Trinajstić information content (AvgIpc) is 3.43. The molecule has 1 spiro atoms. The number of amides is 2. The fraction of sp³-hybridized carbons (Fsp3) is 0.579. The van der Waals surface area contributed by atoms with Crippen molar-refractivity contribution in [3.63, 3.8) is 0 Å². The summed E-state index contributed by atoms with van der Waals surface area (Å²) in [5.41, 5.74) is 0.692. The maximum absolute atomic E-state index is 12.0. The van der Waals surface area contributed by atoms with E-state index in [9.17, 15) is 9.59 Å². The van der Waals surface area contributed by atoms with Crippen molar-refractivity contribution in [2.75, 3.05) is 31.1 Å². The van der Waals surface area contributed by atoms with Crippen LogP contribution in [0.2, 0.25) is 0 Å². The zero-order chi connectivity index (χ0) is 19.3. The number of hydrogen-bond acceptors (Lipinski definition) is 6. The van der Waals surface area contributed by atoms with Gasteiger partial charge >= 0.3 is 0 Å². The maximum atomic E-state index is 12.0. The number of ether oxygens (including phenoxy) is 1. The van der Waals surface area contributed by atoms with E-state index in [1.165, 1.54) is 6.92 Å². The molecule has 9 nitrogen and oxygen atoms in total. The Balaban J connectivity index is 1.31. The lowest BCUT2D eigenvalue weighted by Crippen LogP contribution is -2.44. The van der Waals surface area contributed by atoms with Crippen LogP contribution in [0.1, 0.15) is 19.8 Å². The highest BCUT2D eigenvalue weighted by Gasteiger charge is 2.63. The number of carbonyl (C=O) groups is 2. The van der Waals surface area contributed by atoms with Gasteiger partial charge in [0.2, 0.25) is 11.8 Å². The van der Waals surface area contributed by atoms with Crippen LogP contribution in [0, 0.1) is 11.8 Å². The number of aromatic amines is 1. The molecule has 3 N–H and O–H groups in total. The predicted octanol–water partition coefficient (Wildman–Crippen LogP) is 0.194. The van der Waals surface area contributed by atoms with E-state index in [1.807, 2.05) is 12.3 Å². The van der Waals surface area contributed by atoms with Crippen molar-refractivity contribution in [3.05, 3.63) is 18.6 Å². The minimum absolute atomic E-state index is 0.0158. The standard InChI is InChI=1S/C19H24N6O3/c1-11(26)21-7-16(27)22-6-13-14-8-25(9-19(14)4-2-15(13)28-19)18-12-3-5-20-17(12)23-10-24-18/h3,5,10,13-15H,2,4,6-9H2,1H3,(H,21,26)(H,22,27)(H,20,23,24)/t13-,14+,15+,19+/m0/s1. The van der Waals surface area contributed by atoms with Crippen LogP contribution in [0.25, 0.3) is 11.0 Å². The van der Waals surface area contributed by atoms with Gasteiger partial charge in [-0.15, -0.1) is 0 Å². The SMILES string of the molecule is CC(=O)NCC(=O)NC[C@H]1[C@H]2CN(c3ncnc4[nH]ccc34)C[C@]23CC[C@H]1O3. The molecular weight excluding hydrogens is 360 g/mol. The topological polar surface area (TPSA) is 112 Å². The fourth-order valence-electron chi connectivity index (χ4n) is 5.23. The van der Waals surface area contributed by atoms with Gasteiger partial charge in [0.15, 0.2) is 0 Å². The Morgan fingerprint density at radius 3 is 3.14 bits per heavy atom. The Morgan fingerprint density at radius 1 is 1.39 bits per heavy atom. The summed E-state index contributed by atoms with van der Waals surface area (Å²) in [6.45, 7) is 3.68. The molecule has 2 bridgehead atoms. The zero-order valence-corrected chi connectivity index (χ0v) is 15.8. The van der Waals surface area contributed by atoms with Crippen molar-refractivity contribution in [3.8, 4) is 0 Å². The third-order valence-corrected chi connectivity index (χ3v) is 6.45. The summed E-state index contributed by atoms with van der Waals surface area (Å²) in [4.78, 5) is 37.2. The third-order valence-electron chi connectivity index (χ3n) is 6.45. The van der Waals surface area contributed by atoms with Crippen LogP contribution in [0.4, 0.5) is 5.82 Å². The van der Waals surface area contributed by atoms with E-state index in [0.29, 0.717) is 12.5 Å². The van der Waals surface area contributed by atoms with Crippen LogP contribution in [-0.2, 0) is 14.3 Å². The summed E-state index contributed by atoms with van der Waals surface area (Å²) < 4.78 is 6.46. The van der Waals surface area contributed by atoms with Gasteiger partial charge < -0.3 is 25.3 Å². The first-order valence-electron chi connectivity index (χ1n) is 9.78. The van der Waals surface area contributed by atoms with Crippen molar-refractivity contribution in [2.45, 2.75) is 31.5 Å². The van der Waals surface area contributed by atoms with Crippen LogP contribution in [-0.4, -0.2) is 64.7 Å². The van der Waals surface area contributed by atoms with Gasteiger partial charge in [-0.2, -0.15) is 0 Å². The molecule has 5 heterocycles. The van der Waals surface area contributed by atoms with E-state index in [2.05, 4.69) is 30.5 Å². The molecule has 5 rings (SSSR count). The van der Waals surface area contributed by atoms with E-state index < -0.39 is 0 Å². The number of rotatable bonds is 5. The Morgan fingerprint density at radius 2 is 2.29 bits per heavy atom. The van der Waals surface area contributed by atoms with Gasteiger partial charge in [-0.1, -0.05) is 0 Å². The molecule has 3 aliphatic heterocycles. The fourth-order valence-corrected chi connectivity index (χ4v) is 5.23. The highest BCUT2D eigenvalue weighted by Crippen LogP contribution is 2.55. The molecule has 4 atom stereocenters. The number of anilines is 1. The van der Waals surface area contributed by atoms with Gasteiger partial charge in [0.05, 0.1) is 23.6 Å². The Bertz CT molecular complexity index is 929. The van der Waals surface area contributed by atoms with E-state index in [-0.39, 0.29) is 36.0 Å². The van der Waals surface area contributed by atoms with Gasteiger partial charge in [-0.05, 0) is 18.9 Å². The first kappa shape index (κ1) is 17.4. The Hall–Kier alpha value is -2.68. The molecule has 3 aliphatic rings. The molecular formula is C19H24N6O3. The molecule has 0 unspecified atom stereocenters. The first-order valence-corrected chi connectivity index (χ1v) is 9.78. The second-order valence-electron chi connectivity index (χ2n) is 8.06. The van der Waals surface area contributed by atoms with Crippen LogP contribution in [0.5, 0.6) is 0 Å². The number of H-pyrrole nitrogens is 1. The Kier molecular flexibility index (Phi) is 4.01. The lowest BCUT2D eigenvalue weighted by Gasteiger charge is -2.29. The van der Waals surface area contributed by atoms with E-state index in [4.69, 9.17) is 4.74 Å². The number of nitrogens with one attached hydrogen (secondary N) is 3. The first-order chi connectivity index (χ1) is 13.6. The number of aromatic nitrogens is 3. The molecule has 2 amide bonds. The normalized spacial score (nSPS) is 30.6. The van der Waals surface area contributed by atoms with Gasteiger partial charge in [-0.25, -0.2) is 9.97 Å². The minimum atomic E-state index is -0.204. The van der Waals surface area contributed by atoms with Crippen molar-refractivity contribution in [2.24, 2.45) is 11.8 Å². The quantitative estimate of drug-likeness (QED) is 0.679. The summed E-state index contributed by atoms with van der Waals surface area (Å²) in [7, 11) is 0. The summed E-state index contributed by atoms with van der Waals surface area (Å²) >= 11 is 0. The van der Waals surface area contributed by atoms with Crippen molar-refractivity contribution < 1.29 is 14.3 Å². The molecule has 0 radical (unpaired) electrons. The molecule has 2 aromatic rings. The highest BCUT2D eigenvalue weighted by atomic mass is 16.5. The second kappa shape index (κ2) is 6.44. The Labute approximate surface area is 162 Å². The largest absolute Gasteiger partial charge is 0.369 e. The molecule has 28 heavy (non-hydrogen) atoms. The van der Waals surface area contributed by atoms with Crippen molar-refractivity contribution in [1.29, 1.82) is 0 Å². The number of fused-ring (bicyclic) bond motifs is 2.